The fourth-order valence-corrected chi connectivity index (χ4v) is 8.03. The Kier molecular flexibility index (Phi) is 11.4. The second-order valence-corrected chi connectivity index (χ2v) is 15.8. The Morgan fingerprint density at radius 3 is 2.18 bits per heavy atom. The van der Waals surface area contributed by atoms with Crippen molar-refractivity contribution in [3.63, 3.8) is 0 Å². The standard InChI is InChI=1S/C36H55N7O7/c1-19(2)43-25-17-42(29(28(25)43)32(46)39-24(30(44)31(37)45)14-20-10-9-11-20)33(47)27(23-15-21-12-7-8-13-22(21)16-23)41-34(48)40-26(36(3,4)5)18-50-35(49)38-6/h7-8,12-13,19-20,23-29,33,47H,9-11,14-18H2,1-6H3,(H2,37,45)(H,38,49)(H,39,46)(H2,40,41,48)/t24?,25?,26-,27?,28+,29?,33?,43?/m1/s1. The number of Topliss-reactive ketones (excluding diaryl/α,β-unsaturated/α-hetero) is 1. The molecule has 1 saturated carbocycles. The summed E-state index contributed by atoms with van der Waals surface area (Å²) in [5, 5.41) is 23.6. The number of benzene rings is 1. The van der Waals surface area contributed by atoms with Crippen molar-refractivity contribution in [2.45, 2.75) is 122 Å². The first-order valence-electron chi connectivity index (χ1n) is 17.9. The summed E-state index contributed by atoms with van der Waals surface area (Å²) in [4.78, 5) is 68.6. The summed E-state index contributed by atoms with van der Waals surface area (Å²) in [6, 6.07) is 4.22. The summed E-state index contributed by atoms with van der Waals surface area (Å²) in [6.45, 7) is 10.2. The molecule has 2 heterocycles. The SMILES string of the molecule is CNC(=O)OC[C@@H](NC(=O)NC(C1Cc2ccccc2C1)C(O)N1CC2[C@@H](C1C(=O)NC(CC1CCC1)C(=O)C(N)=O)N2C(C)C)C(C)(C)C. The number of rotatable bonds is 14. The number of amides is 5. The lowest BCUT2D eigenvalue weighted by Crippen LogP contribution is -2.64. The van der Waals surface area contributed by atoms with Crippen molar-refractivity contribution >= 4 is 29.7 Å². The van der Waals surface area contributed by atoms with Crippen LogP contribution in [0, 0.1) is 17.3 Å². The van der Waals surface area contributed by atoms with E-state index in [9.17, 15) is 29.1 Å². The number of alkyl carbamates (subject to hydrolysis) is 1. The average molecular weight is 698 g/mol. The number of hydrogen-bond acceptors (Lipinski definition) is 9. The fourth-order valence-electron chi connectivity index (χ4n) is 8.03. The number of aliphatic hydroxyl groups is 1. The molecule has 3 fully saturated rings. The van der Waals surface area contributed by atoms with E-state index < -0.39 is 65.5 Å². The number of urea groups is 1. The molecular formula is C36H55N7O7. The Morgan fingerprint density at radius 2 is 1.66 bits per heavy atom. The van der Waals surface area contributed by atoms with E-state index in [4.69, 9.17) is 10.5 Å². The number of fused-ring (bicyclic) bond motifs is 2. The number of piperazine rings is 1. The number of carbonyl (C=O) groups excluding carboxylic acids is 5. The van der Waals surface area contributed by atoms with E-state index >= 15 is 0 Å². The van der Waals surface area contributed by atoms with Gasteiger partial charge in [-0.2, -0.15) is 0 Å². The van der Waals surface area contributed by atoms with Crippen molar-refractivity contribution in [1.82, 2.24) is 31.1 Å². The summed E-state index contributed by atoms with van der Waals surface area (Å²) in [7, 11) is 1.46. The number of primary amides is 1. The number of ether oxygens (including phenoxy) is 1. The molecule has 2 aliphatic carbocycles. The van der Waals surface area contributed by atoms with Gasteiger partial charge in [0.25, 0.3) is 5.91 Å². The van der Waals surface area contributed by atoms with Crippen LogP contribution in [-0.4, -0.2) is 113 Å². The van der Waals surface area contributed by atoms with Gasteiger partial charge in [-0.25, -0.2) is 9.59 Å². The monoisotopic (exact) mass is 697 g/mol. The molecule has 50 heavy (non-hydrogen) atoms. The number of aliphatic hydroxyl groups excluding tert-OH is 1. The second kappa shape index (κ2) is 15.2. The molecule has 0 spiro atoms. The molecule has 0 bridgehead atoms. The molecule has 6 unspecified atom stereocenters. The second-order valence-electron chi connectivity index (χ2n) is 15.8. The lowest BCUT2D eigenvalue weighted by Gasteiger charge is -2.40. The largest absolute Gasteiger partial charge is 0.447 e. The number of carbonyl (C=O) groups is 5. The molecule has 14 nitrogen and oxygen atoms in total. The van der Waals surface area contributed by atoms with Crippen molar-refractivity contribution in [2.75, 3.05) is 20.2 Å². The van der Waals surface area contributed by atoms with E-state index in [0.29, 0.717) is 25.8 Å². The predicted molar refractivity (Wildman–Crippen MR) is 186 cm³/mol. The quantitative estimate of drug-likeness (QED) is 0.122. The maximum Gasteiger partial charge on any atom is 0.406 e. The third-order valence-corrected chi connectivity index (χ3v) is 11.1. The molecule has 0 aromatic heterocycles. The van der Waals surface area contributed by atoms with Gasteiger partial charge in [0.1, 0.15) is 18.9 Å². The fraction of sp³-hybridized carbons (Fsp3) is 0.694. The first-order chi connectivity index (χ1) is 23.6. The Bertz CT molecular complexity index is 1420. The van der Waals surface area contributed by atoms with Gasteiger partial charge >= 0.3 is 12.1 Å². The first-order valence-corrected chi connectivity index (χ1v) is 17.9. The summed E-state index contributed by atoms with van der Waals surface area (Å²) in [5.41, 5.74) is 7.20. The zero-order chi connectivity index (χ0) is 36.5. The number of nitrogens with zero attached hydrogens (tertiary/aromatic N) is 2. The van der Waals surface area contributed by atoms with Gasteiger partial charge in [-0.1, -0.05) is 64.3 Å². The van der Waals surface area contributed by atoms with Crippen LogP contribution in [0.4, 0.5) is 9.59 Å². The zero-order valence-corrected chi connectivity index (χ0v) is 30.1. The molecule has 1 aromatic rings. The van der Waals surface area contributed by atoms with Crippen molar-refractivity contribution in [3.05, 3.63) is 35.4 Å². The Balaban J connectivity index is 1.39. The summed E-state index contributed by atoms with van der Waals surface area (Å²) in [6.07, 6.45) is 2.59. The van der Waals surface area contributed by atoms with Crippen LogP contribution in [0.25, 0.3) is 0 Å². The van der Waals surface area contributed by atoms with Crippen LogP contribution >= 0.6 is 0 Å². The Hall–Kier alpha value is -3.75. The van der Waals surface area contributed by atoms with Crippen LogP contribution in [-0.2, 0) is 32.0 Å². The topological polar surface area (TPSA) is 195 Å². The highest BCUT2D eigenvalue weighted by Crippen LogP contribution is 2.44. The first kappa shape index (κ1) is 37.5. The van der Waals surface area contributed by atoms with E-state index in [1.807, 2.05) is 58.9 Å². The van der Waals surface area contributed by atoms with Crippen LogP contribution in [0.1, 0.15) is 71.4 Å². The molecule has 5 amide bonds. The van der Waals surface area contributed by atoms with E-state index in [1.165, 1.54) is 7.05 Å². The van der Waals surface area contributed by atoms with Gasteiger partial charge < -0.3 is 36.8 Å². The van der Waals surface area contributed by atoms with E-state index in [1.54, 1.807) is 4.90 Å². The highest BCUT2D eigenvalue weighted by Gasteiger charge is 2.64. The summed E-state index contributed by atoms with van der Waals surface area (Å²) < 4.78 is 5.29. The van der Waals surface area contributed by atoms with Gasteiger partial charge in [-0.3, -0.25) is 24.2 Å². The van der Waals surface area contributed by atoms with Crippen LogP contribution < -0.4 is 27.0 Å². The van der Waals surface area contributed by atoms with Crippen LogP contribution in [0.2, 0.25) is 0 Å². The molecule has 7 N–H and O–H groups in total. The van der Waals surface area contributed by atoms with Crippen LogP contribution in [0.5, 0.6) is 0 Å². The normalized spacial score (nSPS) is 25.7. The molecule has 14 heteroatoms. The van der Waals surface area contributed by atoms with E-state index in [0.717, 1.165) is 30.4 Å². The third kappa shape index (κ3) is 8.24. The van der Waals surface area contributed by atoms with Crippen LogP contribution in [0.3, 0.4) is 0 Å². The van der Waals surface area contributed by atoms with Gasteiger partial charge in [0, 0.05) is 25.7 Å². The number of nitrogens with two attached hydrogens (primary N) is 1. The summed E-state index contributed by atoms with van der Waals surface area (Å²) >= 11 is 0. The van der Waals surface area contributed by atoms with Crippen molar-refractivity contribution < 1.29 is 33.8 Å². The number of hydrogen-bond donors (Lipinski definition) is 6. The average Bonchev–Trinajstić information content (AvgIpc) is 3.36. The van der Waals surface area contributed by atoms with E-state index in [2.05, 4.69) is 26.2 Å². The minimum atomic E-state index is -1.26. The molecular weight excluding hydrogens is 642 g/mol. The van der Waals surface area contributed by atoms with E-state index in [-0.39, 0.29) is 36.6 Å². The molecule has 1 aromatic carbocycles. The van der Waals surface area contributed by atoms with Crippen molar-refractivity contribution in [2.24, 2.45) is 23.0 Å². The molecule has 276 valence electrons. The minimum Gasteiger partial charge on any atom is -0.447 e. The molecule has 4 aliphatic rings. The maximum absolute atomic E-state index is 14.2. The van der Waals surface area contributed by atoms with Gasteiger partial charge in [0.05, 0.1) is 24.2 Å². The zero-order valence-electron chi connectivity index (χ0n) is 30.1. The highest BCUT2D eigenvalue weighted by molar-refractivity contribution is 6.37. The van der Waals surface area contributed by atoms with Gasteiger partial charge in [0.2, 0.25) is 11.7 Å². The Morgan fingerprint density at radius 1 is 1.02 bits per heavy atom. The molecule has 5 rings (SSSR count). The molecule has 8 atom stereocenters. The van der Waals surface area contributed by atoms with Crippen LogP contribution in [0.15, 0.2) is 24.3 Å². The van der Waals surface area contributed by atoms with Gasteiger partial charge in [-0.05, 0) is 61.5 Å². The smallest absolute Gasteiger partial charge is 0.406 e. The number of ketones is 1. The van der Waals surface area contributed by atoms with Gasteiger partial charge in [0.15, 0.2) is 0 Å². The lowest BCUT2D eigenvalue weighted by molar-refractivity contribution is -0.141. The molecule has 0 radical (unpaired) electrons. The Labute approximate surface area is 294 Å². The molecule has 2 saturated heterocycles. The van der Waals surface area contributed by atoms with Crippen molar-refractivity contribution in [3.8, 4) is 0 Å². The summed E-state index contributed by atoms with van der Waals surface area (Å²) in [5.74, 6) is -2.32. The lowest BCUT2D eigenvalue weighted by atomic mass is 9.80. The third-order valence-electron chi connectivity index (χ3n) is 11.1. The maximum atomic E-state index is 14.2. The van der Waals surface area contributed by atoms with Crippen molar-refractivity contribution in [1.29, 1.82) is 0 Å². The number of nitrogens with one attached hydrogen (secondary N) is 4. The number of likely N-dealkylation sites (tertiary alicyclic amines) is 1. The van der Waals surface area contributed by atoms with Gasteiger partial charge in [-0.15, -0.1) is 0 Å². The minimum absolute atomic E-state index is 0.000271. The highest BCUT2D eigenvalue weighted by atomic mass is 16.5. The molecule has 2 aliphatic heterocycles. The predicted octanol–water partition coefficient (Wildman–Crippen LogP) is 1.03.